The van der Waals surface area contributed by atoms with Crippen LogP contribution < -0.4 is 5.32 Å². The number of nitrogens with one attached hydrogen (secondary N) is 1. The Morgan fingerprint density at radius 2 is 2.31 bits per heavy atom. The maximum Gasteiger partial charge on any atom is 0.265 e. The molecule has 0 saturated carbocycles. The van der Waals surface area contributed by atoms with Gasteiger partial charge in [-0.1, -0.05) is 15.9 Å². The summed E-state index contributed by atoms with van der Waals surface area (Å²) in [7, 11) is 0. The second-order valence-corrected chi connectivity index (χ2v) is 4.27. The molecule has 1 aromatic carbocycles. The maximum absolute atomic E-state index is 11.3. The summed E-state index contributed by atoms with van der Waals surface area (Å²) in [6.45, 7) is 0. The summed E-state index contributed by atoms with van der Waals surface area (Å²) >= 11 is 5.29. The van der Waals surface area contributed by atoms with Crippen LogP contribution in [0.15, 0.2) is 22.7 Å². The zero-order valence-electron chi connectivity index (χ0n) is 6.34. The summed E-state index contributed by atoms with van der Waals surface area (Å²) < 4.78 is 1.63. The number of carbonyl (C=O) groups excluding carboxylic acids is 1. The van der Waals surface area contributed by atoms with E-state index in [4.69, 9.17) is 5.26 Å². The number of hydrogen-bond donors (Lipinski definition) is 1. The lowest BCUT2D eigenvalue weighted by atomic mass is 10.2. The Balaban J connectivity index is 3.07. The first-order valence-corrected chi connectivity index (χ1v) is 5.17. The quantitative estimate of drug-likeness (QED) is 0.480. The lowest BCUT2D eigenvalue weighted by Crippen LogP contribution is -2.18. The third-order valence-electron chi connectivity index (χ3n) is 1.34. The molecule has 1 N–H and O–H groups in total. The Hall–Kier alpha value is -0.610. The minimum absolute atomic E-state index is 0.381. The molecular weight excluding hydrogens is 347 g/mol. The first-order chi connectivity index (χ1) is 6.15. The molecule has 1 aromatic rings. The average Bonchev–Trinajstić information content (AvgIpc) is 2.09. The molecule has 0 spiro atoms. The molecule has 0 atom stereocenters. The van der Waals surface area contributed by atoms with Gasteiger partial charge in [-0.3, -0.25) is 10.1 Å². The third-order valence-corrected chi connectivity index (χ3v) is 2.78. The smallest absolute Gasteiger partial charge is 0.265 e. The van der Waals surface area contributed by atoms with Crippen LogP contribution in [0, 0.1) is 15.0 Å². The third kappa shape index (κ3) is 2.67. The van der Waals surface area contributed by atoms with Crippen LogP contribution >= 0.6 is 38.5 Å². The van der Waals surface area contributed by atoms with Gasteiger partial charge in [0, 0.05) is 8.04 Å². The molecular formula is C8H4BrIN2O. The van der Waals surface area contributed by atoms with E-state index in [1.165, 1.54) is 0 Å². The van der Waals surface area contributed by atoms with Gasteiger partial charge in [0.2, 0.25) is 0 Å². The van der Waals surface area contributed by atoms with Crippen molar-refractivity contribution in [1.82, 2.24) is 5.32 Å². The summed E-state index contributed by atoms with van der Waals surface area (Å²) in [6.07, 6.45) is 1.59. The Morgan fingerprint density at radius 1 is 1.62 bits per heavy atom. The largest absolute Gasteiger partial charge is 0.268 e. The summed E-state index contributed by atoms with van der Waals surface area (Å²) in [5.41, 5.74) is 0.497. The van der Waals surface area contributed by atoms with E-state index in [1.54, 1.807) is 18.3 Å². The fraction of sp³-hybridized carbons (Fsp3) is 0. The topological polar surface area (TPSA) is 52.9 Å². The van der Waals surface area contributed by atoms with E-state index in [0.29, 0.717) is 5.56 Å². The molecule has 66 valence electrons. The minimum Gasteiger partial charge on any atom is -0.268 e. The molecule has 0 aliphatic heterocycles. The number of rotatable bonds is 1. The summed E-state index contributed by atoms with van der Waals surface area (Å²) in [5.74, 6) is -0.381. The fourth-order valence-corrected chi connectivity index (χ4v) is 1.73. The molecule has 0 unspecified atom stereocenters. The zero-order valence-corrected chi connectivity index (χ0v) is 10.1. The van der Waals surface area contributed by atoms with E-state index in [1.807, 2.05) is 28.7 Å². The predicted octanol–water partition coefficient (Wildman–Crippen LogP) is 2.26. The number of nitriles is 1. The van der Waals surface area contributed by atoms with Crippen LogP contribution in [0.3, 0.4) is 0 Å². The normalized spacial score (nSPS) is 9.00. The maximum atomic E-state index is 11.3. The van der Waals surface area contributed by atoms with Crippen molar-refractivity contribution in [3.05, 3.63) is 31.8 Å². The first-order valence-electron chi connectivity index (χ1n) is 3.29. The Labute approximate surface area is 97.4 Å². The molecule has 3 nitrogen and oxygen atoms in total. The molecule has 0 aromatic heterocycles. The Bertz CT molecular complexity index is 386. The number of benzene rings is 1. The van der Waals surface area contributed by atoms with Gasteiger partial charge in [0.15, 0.2) is 6.19 Å². The number of nitrogens with zero attached hydrogens (tertiary/aromatic N) is 1. The van der Waals surface area contributed by atoms with Crippen molar-refractivity contribution in [3.8, 4) is 6.19 Å². The van der Waals surface area contributed by atoms with Crippen molar-refractivity contribution in [2.45, 2.75) is 0 Å². The van der Waals surface area contributed by atoms with Crippen LogP contribution in [0.2, 0.25) is 0 Å². The van der Waals surface area contributed by atoms with Crippen molar-refractivity contribution in [3.63, 3.8) is 0 Å². The van der Waals surface area contributed by atoms with Gasteiger partial charge in [0.1, 0.15) is 0 Å². The Kier molecular flexibility index (Phi) is 3.69. The molecule has 0 fully saturated rings. The second kappa shape index (κ2) is 4.58. The molecule has 0 aliphatic rings. The van der Waals surface area contributed by atoms with Gasteiger partial charge in [-0.15, -0.1) is 0 Å². The Morgan fingerprint density at radius 3 is 2.92 bits per heavy atom. The second-order valence-electron chi connectivity index (χ2n) is 2.19. The van der Waals surface area contributed by atoms with E-state index < -0.39 is 0 Å². The van der Waals surface area contributed by atoms with Gasteiger partial charge in [0.25, 0.3) is 5.91 Å². The number of halogens is 2. The molecule has 0 aliphatic carbocycles. The van der Waals surface area contributed by atoms with Crippen LogP contribution in [-0.4, -0.2) is 5.91 Å². The molecule has 0 saturated heterocycles. The highest BCUT2D eigenvalue weighted by Gasteiger charge is 2.08. The molecule has 0 heterocycles. The van der Waals surface area contributed by atoms with Gasteiger partial charge in [0.05, 0.1) is 5.56 Å². The van der Waals surface area contributed by atoms with E-state index in [-0.39, 0.29) is 5.91 Å². The molecule has 1 amide bonds. The first kappa shape index (κ1) is 10.5. The van der Waals surface area contributed by atoms with Gasteiger partial charge in [-0.25, -0.2) is 0 Å². The highest BCUT2D eigenvalue weighted by molar-refractivity contribution is 14.1. The van der Waals surface area contributed by atoms with Crippen molar-refractivity contribution in [2.75, 3.05) is 0 Å². The zero-order chi connectivity index (χ0) is 9.84. The van der Waals surface area contributed by atoms with E-state index >= 15 is 0 Å². The molecule has 0 bridgehead atoms. The minimum atomic E-state index is -0.381. The van der Waals surface area contributed by atoms with Crippen LogP contribution in [0.5, 0.6) is 0 Å². The van der Waals surface area contributed by atoms with Gasteiger partial charge in [-0.2, -0.15) is 5.26 Å². The lowest BCUT2D eigenvalue weighted by molar-refractivity contribution is 0.0972. The van der Waals surface area contributed by atoms with Gasteiger partial charge in [-0.05, 0) is 40.8 Å². The monoisotopic (exact) mass is 350 g/mol. The fourth-order valence-electron chi connectivity index (χ4n) is 0.790. The van der Waals surface area contributed by atoms with E-state index in [9.17, 15) is 4.79 Å². The average molecular weight is 351 g/mol. The van der Waals surface area contributed by atoms with Crippen molar-refractivity contribution >= 4 is 44.4 Å². The lowest BCUT2D eigenvalue weighted by Gasteiger charge is -2.01. The number of amides is 1. The summed E-state index contributed by atoms with van der Waals surface area (Å²) in [5, 5.41) is 10.3. The standard InChI is InChI=1S/C8H4BrIN2O/c9-5-1-2-7(10)6(3-5)8(13)12-4-11/h1-3H,(H,12,13). The van der Waals surface area contributed by atoms with Gasteiger partial charge >= 0.3 is 0 Å². The molecule has 5 heteroatoms. The molecule has 0 radical (unpaired) electrons. The van der Waals surface area contributed by atoms with Gasteiger partial charge < -0.3 is 0 Å². The van der Waals surface area contributed by atoms with Crippen LogP contribution in [-0.2, 0) is 0 Å². The predicted molar refractivity (Wildman–Crippen MR) is 59.9 cm³/mol. The summed E-state index contributed by atoms with van der Waals surface area (Å²) in [6, 6.07) is 5.32. The highest BCUT2D eigenvalue weighted by Crippen LogP contribution is 2.18. The number of carbonyl (C=O) groups is 1. The van der Waals surface area contributed by atoms with Crippen LogP contribution in [0.4, 0.5) is 0 Å². The van der Waals surface area contributed by atoms with Crippen molar-refractivity contribution in [1.29, 1.82) is 5.26 Å². The SMILES string of the molecule is N#CNC(=O)c1cc(Br)ccc1I. The van der Waals surface area contributed by atoms with Crippen molar-refractivity contribution in [2.24, 2.45) is 0 Å². The number of hydrogen-bond acceptors (Lipinski definition) is 2. The molecule has 1 rings (SSSR count). The highest BCUT2D eigenvalue weighted by atomic mass is 127. The molecule has 13 heavy (non-hydrogen) atoms. The van der Waals surface area contributed by atoms with Crippen molar-refractivity contribution < 1.29 is 4.79 Å². The van der Waals surface area contributed by atoms with E-state index in [0.717, 1.165) is 8.04 Å². The van der Waals surface area contributed by atoms with E-state index in [2.05, 4.69) is 21.2 Å². The summed E-state index contributed by atoms with van der Waals surface area (Å²) in [4.78, 5) is 11.3. The van der Waals surface area contributed by atoms with Crippen LogP contribution in [0.1, 0.15) is 10.4 Å². The van der Waals surface area contributed by atoms with Crippen LogP contribution in [0.25, 0.3) is 0 Å².